The van der Waals surface area contributed by atoms with Crippen LogP contribution in [0.4, 0.5) is 0 Å². The van der Waals surface area contributed by atoms with E-state index in [1.54, 1.807) is 0 Å². The maximum Gasteiger partial charge on any atom is 0.165 e. The Morgan fingerprint density at radius 1 is 0.957 bits per heavy atom. The summed E-state index contributed by atoms with van der Waals surface area (Å²) in [5, 5.41) is 1.59. The molecule has 0 heterocycles. The van der Waals surface area contributed by atoms with Crippen molar-refractivity contribution in [3.63, 3.8) is 0 Å². The van der Waals surface area contributed by atoms with Gasteiger partial charge in [-0.15, -0.1) is 0 Å². The van der Waals surface area contributed by atoms with Crippen LogP contribution < -0.4 is 14.2 Å². The summed E-state index contributed by atoms with van der Waals surface area (Å²) < 4.78 is 17.7. The minimum absolute atomic E-state index is 0.197. The van der Waals surface area contributed by atoms with E-state index in [4.69, 9.17) is 14.2 Å². The molecule has 0 aliphatic heterocycles. The lowest BCUT2D eigenvalue weighted by molar-refractivity contribution is 0.157. The predicted molar refractivity (Wildman–Crippen MR) is 104 cm³/mol. The summed E-state index contributed by atoms with van der Waals surface area (Å²) in [5.41, 5.74) is 0. The molecule has 0 aliphatic carbocycles. The van der Waals surface area contributed by atoms with E-state index in [0.29, 0.717) is 19.1 Å². The summed E-state index contributed by atoms with van der Waals surface area (Å²) in [4.78, 5) is 0. The highest BCUT2D eigenvalue weighted by atomic mass is 79.9. The number of hydrogen-bond donors (Lipinski definition) is 0. The first-order valence-corrected chi connectivity index (χ1v) is 10.6. The van der Waals surface area contributed by atoms with Crippen LogP contribution in [0.5, 0.6) is 17.2 Å². The standard InChI is InChI=1S/C18H28Br2O3/c1-4-14(3)12-15(5-2)23-18-13-16(21-10-8-19)6-7-17(18)22-11-9-20/h6-7,13-15H,4-5,8-12H2,1-3H3. The third-order valence-electron chi connectivity index (χ3n) is 3.71. The van der Waals surface area contributed by atoms with E-state index in [1.165, 1.54) is 6.42 Å². The van der Waals surface area contributed by atoms with Crippen LogP contribution in [0.15, 0.2) is 18.2 Å². The molecule has 1 rings (SSSR count). The first kappa shape index (κ1) is 20.6. The molecule has 0 bridgehead atoms. The normalized spacial score (nSPS) is 13.4. The van der Waals surface area contributed by atoms with Crippen molar-refractivity contribution < 1.29 is 14.2 Å². The van der Waals surface area contributed by atoms with Crippen molar-refractivity contribution in [1.29, 1.82) is 0 Å². The van der Waals surface area contributed by atoms with Crippen LogP contribution in [0, 0.1) is 5.92 Å². The maximum absolute atomic E-state index is 6.25. The minimum atomic E-state index is 0.197. The average molecular weight is 452 g/mol. The Kier molecular flexibility index (Phi) is 10.8. The lowest BCUT2D eigenvalue weighted by Gasteiger charge is -2.22. The molecule has 2 unspecified atom stereocenters. The molecule has 23 heavy (non-hydrogen) atoms. The van der Waals surface area contributed by atoms with Crippen LogP contribution in [-0.4, -0.2) is 30.0 Å². The molecule has 0 N–H and O–H groups in total. The van der Waals surface area contributed by atoms with E-state index in [1.807, 2.05) is 18.2 Å². The quantitative estimate of drug-likeness (QED) is 0.374. The molecule has 1 aromatic carbocycles. The van der Waals surface area contributed by atoms with Crippen LogP contribution >= 0.6 is 31.9 Å². The zero-order valence-electron chi connectivity index (χ0n) is 14.3. The molecule has 1 aromatic rings. The zero-order chi connectivity index (χ0) is 17.1. The Hall–Kier alpha value is -0.420. The Balaban J connectivity index is 2.87. The number of rotatable bonds is 12. The van der Waals surface area contributed by atoms with Gasteiger partial charge in [-0.05, 0) is 30.9 Å². The van der Waals surface area contributed by atoms with Gasteiger partial charge in [0.05, 0.1) is 19.3 Å². The Labute approximate surface area is 157 Å². The maximum atomic E-state index is 6.25. The van der Waals surface area contributed by atoms with Crippen LogP contribution in [-0.2, 0) is 0 Å². The summed E-state index contributed by atoms with van der Waals surface area (Å²) >= 11 is 6.77. The number of hydrogen-bond acceptors (Lipinski definition) is 3. The lowest BCUT2D eigenvalue weighted by Crippen LogP contribution is -2.19. The van der Waals surface area contributed by atoms with E-state index in [-0.39, 0.29) is 6.10 Å². The Bertz CT molecular complexity index is 440. The van der Waals surface area contributed by atoms with Gasteiger partial charge in [-0.1, -0.05) is 59.1 Å². The molecule has 0 aromatic heterocycles. The summed E-state index contributed by atoms with van der Waals surface area (Å²) in [5.74, 6) is 3.01. The van der Waals surface area contributed by atoms with Crippen molar-refractivity contribution in [3.05, 3.63) is 18.2 Å². The van der Waals surface area contributed by atoms with Gasteiger partial charge >= 0.3 is 0 Å². The molecule has 0 radical (unpaired) electrons. The van der Waals surface area contributed by atoms with E-state index in [9.17, 15) is 0 Å². The summed E-state index contributed by atoms with van der Waals surface area (Å²) in [7, 11) is 0. The fraction of sp³-hybridized carbons (Fsp3) is 0.667. The molecule has 132 valence electrons. The highest BCUT2D eigenvalue weighted by Gasteiger charge is 2.16. The second-order valence-electron chi connectivity index (χ2n) is 5.58. The van der Waals surface area contributed by atoms with Crippen molar-refractivity contribution in [2.75, 3.05) is 23.9 Å². The molecule has 5 heteroatoms. The molecule has 0 amide bonds. The van der Waals surface area contributed by atoms with Crippen molar-refractivity contribution in [1.82, 2.24) is 0 Å². The van der Waals surface area contributed by atoms with Crippen LogP contribution in [0.2, 0.25) is 0 Å². The SMILES string of the molecule is CCC(C)CC(CC)Oc1cc(OCCBr)ccc1OCCBr. The molecule has 0 spiro atoms. The molecule has 3 nitrogen and oxygen atoms in total. The number of alkyl halides is 2. The molecule has 0 saturated carbocycles. The first-order chi connectivity index (χ1) is 11.1. The van der Waals surface area contributed by atoms with Crippen molar-refractivity contribution in [2.24, 2.45) is 5.92 Å². The second-order valence-corrected chi connectivity index (χ2v) is 7.17. The minimum Gasteiger partial charge on any atom is -0.493 e. The third kappa shape index (κ3) is 7.79. The molecule has 0 aliphatic rings. The number of ether oxygens (including phenoxy) is 3. The second kappa shape index (κ2) is 12.0. The van der Waals surface area contributed by atoms with Crippen molar-refractivity contribution >= 4 is 31.9 Å². The van der Waals surface area contributed by atoms with E-state index >= 15 is 0 Å². The van der Waals surface area contributed by atoms with Crippen LogP contribution in [0.25, 0.3) is 0 Å². The van der Waals surface area contributed by atoms with Gasteiger partial charge in [-0.25, -0.2) is 0 Å². The topological polar surface area (TPSA) is 27.7 Å². The van der Waals surface area contributed by atoms with Gasteiger partial charge in [-0.2, -0.15) is 0 Å². The van der Waals surface area contributed by atoms with Crippen molar-refractivity contribution in [2.45, 2.75) is 46.1 Å². The van der Waals surface area contributed by atoms with Gasteiger partial charge in [0.15, 0.2) is 11.5 Å². The summed E-state index contributed by atoms with van der Waals surface area (Å²) in [6.45, 7) is 7.89. The monoisotopic (exact) mass is 450 g/mol. The smallest absolute Gasteiger partial charge is 0.165 e. The van der Waals surface area contributed by atoms with Gasteiger partial charge in [0, 0.05) is 16.7 Å². The van der Waals surface area contributed by atoms with E-state index < -0.39 is 0 Å². The predicted octanol–water partition coefficient (Wildman–Crippen LogP) is 5.83. The van der Waals surface area contributed by atoms with Gasteiger partial charge in [0.2, 0.25) is 0 Å². The lowest BCUT2D eigenvalue weighted by atomic mass is 9.99. The third-order valence-corrected chi connectivity index (χ3v) is 4.35. The molecular weight excluding hydrogens is 424 g/mol. The first-order valence-electron chi connectivity index (χ1n) is 8.32. The zero-order valence-corrected chi connectivity index (χ0v) is 17.5. The molecule has 0 saturated heterocycles. The molecular formula is C18H28Br2O3. The Morgan fingerprint density at radius 2 is 1.65 bits per heavy atom. The van der Waals surface area contributed by atoms with Crippen molar-refractivity contribution in [3.8, 4) is 17.2 Å². The molecule has 0 fully saturated rings. The average Bonchev–Trinajstić information content (AvgIpc) is 2.58. The summed E-state index contributed by atoms with van der Waals surface area (Å²) in [6, 6.07) is 5.79. The largest absolute Gasteiger partial charge is 0.493 e. The fourth-order valence-electron chi connectivity index (χ4n) is 2.19. The van der Waals surface area contributed by atoms with E-state index in [0.717, 1.165) is 40.8 Å². The van der Waals surface area contributed by atoms with Gasteiger partial charge in [0.1, 0.15) is 5.75 Å². The molecule has 2 atom stereocenters. The van der Waals surface area contributed by atoms with Gasteiger partial charge < -0.3 is 14.2 Å². The fourth-order valence-corrected chi connectivity index (χ4v) is 2.51. The number of halogens is 2. The van der Waals surface area contributed by atoms with Crippen LogP contribution in [0.1, 0.15) is 40.0 Å². The number of benzene rings is 1. The summed E-state index contributed by atoms with van der Waals surface area (Å²) in [6.07, 6.45) is 3.40. The van der Waals surface area contributed by atoms with Gasteiger partial charge in [0.25, 0.3) is 0 Å². The highest BCUT2D eigenvalue weighted by molar-refractivity contribution is 9.09. The van der Waals surface area contributed by atoms with Gasteiger partial charge in [-0.3, -0.25) is 0 Å². The van der Waals surface area contributed by atoms with E-state index in [2.05, 4.69) is 52.6 Å². The Morgan fingerprint density at radius 3 is 2.26 bits per heavy atom. The highest BCUT2D eigenvalue weighted by Crippen LogP contribution is 2.34. The van der Waals surface area contributed by atoms with Crippen LogP contribution in [0.3, 0.4) is 0 Å².